The van der Waals surface area contributed by atoms with E-state index in [9.17, 15) is 19.2 Å². The minimum atomic E-state index is -0.440. The van der Waals surface area contributed by atoms with Crippen molar-refractivity contribution < 1.29 is 38.1 Å². The zero-order chi connectivity index (χ0) is 37.0. The fourth-order valence-corrected chi connectivity index (χ4v) is 8.02. The average molecular weight is 736 g/mol. The first-order valence-corrected chi connectivity index (χ1v) is 18.8. The Kier molecular flexibility index (Phi) is 10.7. The smallest absolute Gasteiger partial charge is 0.261 e. The number of fused-ring (bicyclic) bond motifs is 5. The van der Waals surface area contributed by atoms with E-state index in [1.807, 2.05) is 35.2 Å². The summed E-state index contributed by atoms with van der Waals surface area (Å²) in [7, 11) is 0. The van der Waals surface area contributed by atoms with E-state index in [2.05, 4.69) is 28.1 Å². The second kappa shape index (κ2) is 16.1. The molecule has 4 amide bonds. The number of para-hydroxylation sites is 1. The van der Waals surface area contributed by atoms with Crippen molar-refractivity contribution in [3.05, 3.63) is 101 Å². The van der Waals surface area contributed by atoms with Crippen LogP contribution in [0.3, 0.4) is 0 Å². The van der Waals surface area contributed by atoms with E-state index in [1.165, 1.54) is 4.90 Å². The molecular formula is C41H45N5O8. The first kappa shape index (κ1) is 35.9. The molecule has 54 heavy (non-hydrogen) atoms. The van der Waals surface area contributed by atoms with Gasteiger partial charge in [-0.1, -0.05) is 42.5 Å². The normalized spacial score (nSPS) is 19.9. The molecule has 4 aromatic rings. The van der Waals surface area contributed by atoms with E-state index < -0.39 is 6.04 Å². The maximum atomic E-state index is 13.8. The van der Waals surface area contributed by atoms with E-state index in [1.54, 1.807) is 29.2 Å². The number of benzene rings is 3. The maximum Gasteiger partial charge on any atom is 0.261 e. The molecular weight excluding hydrogens is 690 g/mol. The summed E-state index contributed by atoms with van der Waals surface area (Å²) in [6.45, 7) is 5.86. The lowest BCUT2D eigenvalue weighted by Gasteiger charge is -2.44. The average Bonchev–Trinajstić information content (AvgIpc) is 3.88. The van der Waals surface area contributed by atoms with E-state index in [0.29, 0.717) is 63.7 Å². The Balaban J connectivity index is 0.686. The molecule has 0 radical (unpaired) electrons. The number of likely N-dealkylation sites (tertiary alicyclic amines) is 1. The van der Waals surface area contributed by atoms with Gasteiger partial charge in [-0.05, 0) is 47.9 Å². The fraction of sp³-hybridized carbons (Fsp3) is 0.415. The summed E-state index contributed by atoms with van der Waals surface area (Å²) in [5, 5.41) is 1.14. The fourth-order valence-electron chi connectivity index (χ4n) is 8.02. The number of hydrogen-bond donors (Lipinski definition) is 1. The molecule has 1 N–H and O–H groups in total. The molecule has 13 heteroatoms. The molecule has 2 atom stereocenters. The number of carbonyl (C=O) groups is 4. The van der Waals surface area contributed by atoms with Gasteiger partial charge in [0, 0.05) is 48.7 Å². The van der Waals surface area contributed by atoms with Gasteiger partial charge in [-0.15, -0.1) is 0 Å². The standard InChI is InChI=1S/C41H45N5O8/c47-38-27-45(41(50)37-23-34-31-5-3-4-8-35(31)42-36(34)26-46(37)38)29-13-14-43(25-29)24-28-9-11-30(12-10-28)54-22-21-53-20-19-52-18-17-51-16-15-44-39(48)32-6-1-2-7-33(32)40(44)49/h1-12,29,37,42H,13-27H2/t29-,37-/m1/s1. The van der Waals surface area contributed by atoms with Crippen molar-refractivity contribution in [3.63, 3.8) is 0 Å². The predicted molar refractivity (Wildman–Crippen MR) is 198 cm³/mol. The molecule has 8 rings (SSSR count). The van der Waals surface area contributed by atoms with Crippen molar-refractivity contribution in [3.8, 4) is 5.75 Å². The Hall–Kier alpha value is -5.08. The van der Waals surface area contributed by atoms with Crippen LogP contribution in [0.2, 0.25) is 0 Å². The lowest BCUT2D eigenvalue weighted by molar-refractivity contribution is -0.159. The molecule has 0 bridgehead atoms. The Bertz CT molecular complexity index is 1980. The Morgan fingerprint density at radius 1 is 0.704 bits per heavy atom. The van der Waals surface area contributed by atoms with E-state index in [4.69, 9.17) is 18.9 Å². The number of hydrogen-bond acceptors (Lipinski definition) is 9. The number of aromatic nitrogens is 1. The topological polar surface area (TPSA) is 134 Å². The highest BCUT2D eigenvalue weighted by Gasteiger charge is 2.46. The number of aromatic amines is 1. The third kappa shape index (κ3) is 7.49. The van der Waals surface area contributed by atoms with Gasteiger partial charge in [0.05, 0.1) is 63.9 Å². The molecule has 2 saturated heterocycles. The molecule has 0 saturated carbocycles. The predicted octanol–water partition coefficient (Wildman–Crippen LogP) is 3.26. The van der Waals surface area contributed by atoms with Gasteiger partial charge in [0.2, 0.25) is 11.8 Å². The van der Waals surface area contributed by atoms with E-state index in [-0.39, 0.29) is 49.4 Å². The van der Waals surface area contributed by atoms with Crippen molar-refractivity contribution in [1.82, 2.24) is 24.6 Å². The summed E-state index contributed by atoms with van der Waals surface area (Å²) in [6.07, 6.45) is 1.40. The molecule has 3 aromatic carbocycles. The van der Waals surface area contributed by atoms with Gasteiger partial charge in [-0.25, -0.2) is 0 Å². The maximum absolute atomic E-state index is 13.8. The molecule has 0 aliphatic carbocycles. The Morgan fingerprint density at radius 3 is 2.11 bits per heavy atom. The second-order valence-electron chi connectivity index (χ2n) is 14.2. The summed E-state index contributed by atoms with van der Waals surface area (Å²) < 4.78 is 22.6. The molecule has 5 heterocycles. The van der Waals surface area contributed by atoms with Crippen LogP contribution in [0.5, 0.6) is 5.75 Å². The monoisotopic (exact) mass is 735 g/mol. The number of nitrogens with one attached hydrogen (secondary N) is 1. The van der Waals surface area contributed by atoms with Crippen LogP contribution in [0.25, 0.3) is 10.9 Å². The van der Waals surface area contributed by atoms with Gasteiger partial charge in [-0.3, -0.25) is 29.0 Å². The van der Waals surface area contributed by atoms with Gasteiger partial charge in [0.15, 0.2) is 0 Å². The summed E-state index contributed by atoms with van der Waals surface area (Å²) in [5.41, 5.74) is 5.29. The highest BCUT2D eigenvalue weighted by atomic mass is 16.6. The Morgan fingerprint density at radius 2 is 1.37 bits per heavy atom. The van der Waals surface area contributed by atoms with Crippen LogP contribution in [0.4, 0.5) is 0 Å². The van der Waals surface area contributed by atoms with Crippen LogP contribution >= 0.6 is 0 Å². The SMILES string of the molecule is O=C1c2ccccc2C(=O)N1CCOCCOCCOCCOc1ccc(CN2CC[C@@H](N3CC(=O)N4Cc5[nH]c6ccccc6c5C[C@@H]4C3=O)C2)cc1. The number of nitrogens with zero attached hydrogens (tertiary/aromatic N) is 4. The zero-order valence-corrected chi connectivity index (χ0v) is 30.2. The van der Waals surface area contributed by atoms with Crippen molar-refractivity contribution in [2.24, 2.45) is 0 Å². The van der Waals surface area contributed by atoms with Gasteiger partial charge in [-0.2, -0.15) is 0 Å². The van der Waals surface area contributed by atoms with E-state index >= 15 is 0 Å². The largest absolute Gasteiger partial charge is 0.491 e. The van der Waals surface area contributed by atoms with Crippen molar-refractivity contribution in [2.75, 3.05) is 72.4 Å². The van der Waals surface area contributed by atoms with Gasteiger partial charge in [0.1, 0.15) is 24.9 Å². The quantitative estimate of drug-likeness (QED) is 0.136. The number of carbonyl (C=O) groups excluding carboxylic acids is 4. The van der Waals surface area contributed by atoms with Gasteiger partial charge >= 0.3 is 0 Å². The van der Waals surface area contributed by atoms with Crippen LogP contribution < -0.4 is 4.74 Å². The summed E-state index contributed by atoms with van der Waals surface area (Å²) >= 11 is 0. The van der Waals surface area contributed by atoms with Crippen molar-refractivity contribution in [2.45, 2.75) is 38.0 Å². The summed E-state index contributed by atoms with van der Waals surface area (Å²) in [6, 6.07) is 22.6. The first-order chi connectivity index (χ1) is 26.4. The van der Waals surface area contributed by atoms with Crippen molar-refractivity contribution >= 4 is 34.5 Å². The third-order valence-corrected chi connectivity index (χ3v) is 10.8. The van der Waals surface area contributed by atoms with Crippen molar-refractivity contribution in [1.29, 1.82) is 0 Å². The molecule has 282 valence electrons. The van der Waals surface area contributed by atoms with E-state index in [0.717, 1.165) is 59.5 Å². The number of imide groups is 1. The molecule has 2 fully saturated rings. The minimum Gasteiger partial charge on any atom is -0.491 e. The molecule has 0 unspecified atom stereocenters. The highest BCUT2D eigenvalue weighted by Crippen LogP contribution is 2.34. The van der Waals surface area contributed by atoms with Crippen LogP contribution in [0.1, 0.15) is 44.0 Å². The third-order valence-electron chi connectivity index (χ3n) is 10.8. The second-order valence-corrected chi connectivity index (χ2v) is 14.2. The van der Waals surface area contributed by atoms with Crippen LogP contribution in [0, 0.1) is 0 Å². The lowest BCUT2D eigenvalue weighted by Crippen LogP contribution is -2.63. The van der Waals surface area contributed by atoms with Crippen LogP contribution in [-0.4, -0.2) is 133 Å². The van der Waals surface area contributed by atoms with Crippen LogP contribution in [-0.2, 0) is 43.3 Å². The number of piperazine rings is 1. The Labute approximate surface area is 313 Å². The molecule has 1 aromatic heterocycles. The number of ether oxygens (including phenoxy) is 4. The number of rotatable bonds is 16. The number of H-pyrrole nitrogens is 1. The number of amides is 4. The van der Waals surface area contributed by atoms with Gasteiger partial charge in [0.25, 0.3) is 11.8 Å². The molecule has 4 aliphatic heterocycles. The van der Waals surface area contributed by atoms with Crippen LogP contribution in [0.15, 0.2) is 72.8 Å². The lowest BCUT2D eigenvalue weighted by atomic mass is 9.93. The minimum absolute atomic E-state index is 0.0237. The zero-order valence-electron chi connectivity index (χ0n) is 30.2. The van der Waals surface area contributed by atoms with Gasteiger partial charge < -0.3 is 33.7 Å². The summed E-state index contributed by atoms with van der Waals surface area (Å²) in [4.78, 5) is 62.5. The molecule has 0 spiro atoms. The highest BCUT2D eigenvalue weighted by molar-refractivity contribution is 6.21. The molecule has 4 aliphatic rings. The first-order valence-electron chi connectivity index (χ1n) is 18.8. The summed E-state index contributed by atoms with van der Waals surface area (Å²) in [5.74, 6) is 0.296. The molecule has 13 nitrogen and oxygen atoms in total.